The molecule has 3 heterocycles. The molecule has 4 aromatic rings. The molecule has 0 radical (unpaired) electrons. The summed E-state index contributed by atoms with van der Waals surface area (Å²) in [6.07, 6.45) is 5.46. The Balaban J connectivity index is 0.000000192. The molecular formula is C33H40N2O. The van der Waals surface area contributed by atoms with E-state index in [0.717, 1.165) is 32.6 Å². The highest BCUT2D eigenvalue weighted by Gasteiger charge is 2.29. The van der Waals surface area contributed by atoms with Crippen LogP contribution in [0.5, 0.6) is 0 Å². The molecule has 0 bridgehead atoms. The molecule has 6 rings (SSSR count). The van der Waals surface area contributed by atoms with E-state index in [9.17, 15) is 0 Å². The van der Waals surface area contributed by atoms with Gasteiger partial charge >= 0.3 is 0 Å². The van der Waals surface area contributed by atoms with Crippen molar-refractivity contribution in [1.82, 2.24) is 9.88 Å². The molecule has 3 nitrogen and oxygen atoms in total. The molecule has 1 atom stereocenters. The molecule has 1 saturated heterocycles. The molecule has 3 aromatic carbocycles. The highest BCUT2D eigenvalue weighted by atomic mass is 16.5. The van der Waals surface area contributed by atoms with Gasteiger partial charge < -0.3 is 14.6 Å². The Morgan fingerprint density at radius 2 is 1.50 bits per heavy atom. The van der Waals surface area contributed by atoms with Gasteiger partial charge in [-0.2, -0.15) is 0 Å². The molecule has 0 spiro atoms. The predicted octanol–water partition coefficient (Wildman–Crippen LogP) is 7.84. The fraction of sp³-hybridized carbons (Fsp3) is 0.333. The lowest BCUT2D eigenvalue weighted by Crippen LogP contribution is -2.31. The molecule has 1 aromatic heterocycles. The van der Waals surface area contributed by atoms with Crippen LogP contribution in [0.25, 0.3) is 10.9 Å². The third-order valence-corrected chi connectivity index (χ3v) is 7.05. The number of benzene rings is 3. The Kier molecular flexibility index (Phi) is 8.66. The van der Waals surface area contributed by atoms with Gasteiger partial charge in [0, 0.05) is 36.4 Å². The molecule has 2 aliphatic rings. The van der Waals surface area contributed by atoms with Gasteiger partial charge in [-0.3, -0.25) is 0 Å². The van der Waals surface area contributed by atoms with Crippen LogP contribution in [-0.2, 0) is 17.6 Å². The first kappa shape index (κ1) is 25.8. The predicted molar refractivity (Wildman–Crippen MR) is 153 cm³/mol. The van der Waals surface area contributed by atoms with Crippen molar-refractivity contribution in [2.24, 2.45) is 0 Å². The Labute approximate surface area is 216 Å². The number of fused-ring (bicyclic) bond motifs is 3. The van der Waals surface area contributed by atoms with Crippen molar-refractivity contribution < 1.29 is 4.74 Å². The van der Waals surface area contributed by atoms with Crippen molar-refractivity contribution in [2.45, 2.75) is 53.0 Å². The number of aromatic nitrogens is 1. The van der Waals surface area contributed by atoms with E-state index in [0.29, 0.717) is 0 Å². The lowest BCUT2D eigenvalue weighted by molar-refractivity contribution is 0.0367. The number of nitrogens with one attached hydrogen (secondary N) is 1. The van der Waals surface area contributed by atoms with Crippen LogP contribution in [0.3, 0.4) is 0 Å². The lowest BCUT2D eigenvalue weighted by Gasteiger charge is -2.35. The summed E-state index contributed by atoms with van der Waals surface area (Å²) in [5.74, 6) is 0. The average molecular weight is 481 g/mol. The van der Waals surface area contributed by atoms with E-state index in [1.807, 2.05) is 6.20 Å². The van der Waals surface area contributed by atoms with Gasteiger partial charge in [0.2, 0.25) is 0 Å². The van der Waals surface area contributed by atoms with E-state index < -0.39 is 0 Å². The third-order valence-electron chi connectivity index (χ3n) is 7.05. The second-order valence-corrected chi connectivity index (χ2v) is 9.85. The van der Waals surface area contributed by atoms with E-state index in [1.165, 1.54) is 56.4 Å². The second kappa shape index (κ2) is 12.1. The molecule has 1 unspecified atom stereocenters. The average Bonchev–Trinajstić information content (AvgIpc) is 3.22. The normalized spacial score (nSPS) is 16.1. The molecule has 2 aliphatic heterocycles. The Morgan fingerprint density at radius 1 is 0.917 bits per heavy atom. The van der Waals surface area contributed by atoms with Crippen molar-refractivity contribution >= 4 is 10.9 Å². The van der Waals surface area contributed by atoms with Crippen LogP contribution in [-0.4, -0.2) is 29.6 Å². The number of nitrogens with zero attached hydrogens (tertiary/aromatic N) is 1. The maximum absolute atomic E-state index is 4.72. The molecule has 188 valence electrons. The minimum atomic E-state index is 0.226. The SMILES string of the molecule is C1COC1.C=CN1CCc2c([nH]c3ccc(C)cc23)C1c1ccc(C)cc1.CCc1ccc(C)cc1. The quantitative estimate of drug-likeness (QED) is 0.323. The summed E-state index contributed by atoms with van der Waals surface area (Å²) in [5.41, 5.74) is 10.7. The summed E-state index contributed by atoms with van der Waals surface area (Å²) in [7, 11) is 0. The Morgan fingerprint density at radius 3 is 2.06 bits per heavy atom. The van der Waals surface area contributed by atoms with Crippen LogP contribution < -0.4 is 0 Å². The number of ether oxygens (including phenoxy) is 1. The van der Waals surface area contributed by atoms with E-state index in [1.54, 1.807) is 0 Å². The first-order valence-electron chi connectivity index (χ1n) is 13.2. The summed E-state index contributed by atoms with van der Waals surface area (Å²) < 4.78 is 4.72. The zero-order valence-electron chi connectivity index (χ0n) is 22.3. The van der Waals surface area contributed by atoms with E-state index in [4.69, 9.17) is 4.74 Å². The fourth-order valence-corrected chi connectivity index (χ4v) is 4.69. The number of hydrogen-bond acceptors (Lipinski definition) is 2. The van der Waals surface area contributed by atoms with Gasteiger partial charge in [0.05, 0.1) is 6.04 Å². The van der Waals surface area contributed by atoms with Crippen molar-refractivity contribution in [3.8, 4) is 0 Å². The van der Waals surface area contributed by atoms with Gasteiger partial charge in [0.25, 0.3) is 0 Å². The second-order valence-electron chi connectivity index (χ2n) is 9.85. The maximum atomic E-state index is 4.72. The van der Waals surface area contributed by atoms with E-state index in [2.05, 4.69) is 111 Å². The van der Waals surface area contributed by atoms with Crippen molar-refractivity contribution in [3.05, 3.63) is 119 Å². The van der Waals surface area contributed by atoms with Gasteiger partial charge in [-0.15, -0.1) is 0 Å². The number of rotatable bonds is 3. The highest BCUT2D eigenvalue weighted by molar-refractivity contribution is 5.86. The van der Waals surface area contributed by atoms with Crippen LogP contribution in [0.1, 0.15) is 58.5 Å². The Bertz CT molecular complexity index is 1260. The smallest absolute Gasteiger partial charge is 0.0941 e. The van der Waals surface area contributed by atoms with Gasteiger partial charge in [-0.25, -0.2) is 0 Å². The first-order valence-corrected chi connectivity index (χ1v) is 13.2. The van der Waals surface area contributed by atoms with Crippen LogP contribution in [0.4, 0.5) is 0 Å². The zero-order valence-corrected chi connectivity index (χ0v) is 22.3. The maximum Gasteiger partial charge on any atom is 0.0941 e. The third kappa shape index (κ3) is 6.09. The molecule has 1 fully saturated rings. The molecule has 0 saturated carbocycles. The van der Waals surface area contributed by atoms with Crippen molar-refractivity contribution in [3.63, 3.8) is 0 Å². The number of aromatic amines is 1. The topological polar surface area (TPSA) is 28.3 Å². The van der Waals surface area contributed by atoms with Crippen molar-refractivity contribution in [2.75, 3.05) is 19.8 Å². The summed E-state index contributed by atoms with van der Waals surface area (Å²) in [4.78, 5) is 6.02. The fourth-order valence-electron chi connectivity index (χ4n) is 4.69. The van der Waals surface area contributed by atoms with Gasteiger partial charge in [-0.1, -0.05) is 84.8 Å². The summed E-state index contributed by atoms with van der Waals surface area (Å²) in [5, 5.41) is 1.38. The van der Waals surface area contributed by atoms with Crippen LogP contribution in [0.15, 0.2) is 79.5 Å². The van der Waals surface area contributed by atoms with Gasteiger partial charge in [0.1, 0.15) is 0 Å². The number of hydrogen-bond donors (Lipinski definition) is 1. The zero-order chi connectivity index (χ0) is 25.5. The largest absolute Gasteiger partial charge is 0.381 e. The van der Waals surface area contributed by atoms with Gasteiger partial charge in [0.15, 0.2) is 0 Å². The van der Waals surface area contributed by atoms with Gasteiger partial charge in [-0.05, 0) is 75.1 Å². The van der Waals surface area contributed by atoms with Crippen LogP contribution in [0, 0.1) is 20.8 Å². The van der Waals surface area contributed by atoms with Crippen LogP contribution in [0.2, 0.25) is 0 Å². The summed E-state index contributed by atoms with van der Waals surface area (Å²) >= 11 is 0. The summed E-state index contributed by atoms with van der Waals surface area (Å²) in [6.45, 7) is 15.6. The van der Waals surface area contributed by atoms with E-state index >= 15 is 0 Å². The molecule has 3 heteroatoms. The number of H-pyrrole nitrogens is 1. The molecular weight excluding hydrogens is 440 g/mol. The molecule has 1 N–H and O–H groups in total. The molecule has 0 amide bonds. The van der Waals surface area contributed by atoms with Crippen molar-refractivity contribution in [1.29, 1.82) is 0 Å². The molecule has 0 aliphatic carbocycles. The van der Waals surface area contributed by atoms with Crippen LogP contribution >= 0.6 is 0 Å². The number of aryl methyl sites for hydroxylation is 4. The minimum absolute atomic E-state index is 0.226. The standard InChI is InChI=1S/C21H22N2.C9H12.C3H6O/c1-4-23-12-11-17-18-13-15(3)7-10-19(18)22-20(17)21(23)16-8-5-14(2)6-9-16;1-3-9-6-4-8(2)5-7-9;1-2-4-3-1/h4-10,13,21-22H,1,11-12H2,2-3H3;4-7H,3H2,1-2H3;1-3H2. The minimum Gasteiger partial charge on any atom is -0.381 e. The monoisotopic (exact) mass is 480 g/mol. The summed E-state index contributed by atoms with van der Waals surface area (Å²) in [6, 6.07) is 24.4. The lowest BCUT2D eigenvalue weighted by atomic mass is 9.92. The Hall–Kier alpha value is -3.30. The van der Waals surface area contributed by atoms with E-state index in [-0.39, 0.29) is 6.04 Å². The highest BCUT2D eigenvalue weighted by Crippen LogP contribution is 2.38. The first-order chi connectivity index (χ1) is 17.5. The molecule has 36 heavy (non-hydrogen) atoms.